The lowest BCUT2D eigenvalue weighted by atomic mass is 10.1. The average Bonchev–Trinajstić information content (AvgIpc) is 2.92. The number of carbonyl (C=O) groups is 1. The maximum atomic E-state index is 11.9. The number of carbonyl (C=O) groups excluding carboxylic acids is 1. The first-order chi connectivity index (χ1) is 8.58. The highest BCUT2D eigenvalue weighted by molar-refractivity contribution is 5.91. The second-order valence-corrected chi connectivity index (χ2v) is 5.05. The maximum Gasteiger partial charge on any atom is 0.224 e. The van der Waals surface area contributed by atoms with E-state index in [9.17, 15) is 4.79 Å². The minimum atomic E-state index is 0.0860. The first-order valence-corrected chi connectivity index (χ1v) is 6.61. The van der Waals surface area contributed by atoms with Gasteiger partial charge in [0.25, 0.3) is 0 Å². The van der Waals surface area contributed by atoms with Gasteiger partial charge in [0.05, 0.1) is 17.1 Å². The van der Waals surface area contributed by atoms with Crippen molar-refractivity contribution in [3.05, 3.63) is 11.4 Å². The first kappa shape index (κ1) is 13.1. The lowest BCUT2D eigenvalue weighted by Crippen LogP contribution is -2.23. The molecular formula is C13H22N4O. The molecule has 1 atom stereocenters. The molecule has 1 fully saturated rings. The lowest BCUT2D eigenvalue weighted by molar-refractivity contribution is -0.116. The number of amides is 1. The molecule has 5 nitrogen and oxygen atoms in total. The summed E-state index contributed by atoms with van der Waals surface area (Å²) in [6.45, 7) is 4.97. The van der Waals surface area contributed by atoms with Gasteiger partial charge in [-0.05, 0) is 39.7 Å². The van der Waals surface area contributed by atoms with Crippen LogP contribution in [-0.2, 0) is 11.8 Å². The molecule has 100 valence electrons. The zero-order chi connectivity index (χ0) is 13.1. The van der Waals surface area contributed by atoms with Gasteiger partial charge in [0.2, 0.25) is 5.91 Å². The van der Waals surface area contributed by atoms with Gasteiger partial charge in [-0.15, -0.1) is 0 Å². The van der Waals surface area contributed by atoms with Crippen LogP contribution in [0.5, 0.6) is 0 Å². The quantitative estimate of drug-likeness (QED) is 0.851. The van der Waals surface area contributed by atoms with Gasteiger partial charge in [0.15, 0.2) is 0 Å². The number of aromatic nitrogens is 2. The van der Waals surface area contributed by atoms with Gasteiger partial charge in [0.1, 0.15) is 0 Å². The minimum Gasteiger partial charge on any atom is -0.323 e. The summed E-state index contributed by atoms with van der Waals surface area (Å²) in [6, 6.07) is 0.520. The van der Waals surface area contributed by atoms with Crippen LogP contribution in [0.4, 0.5) is 5.69 Å². The Hall–Kier alpha value is -1.36. The van der Waals surface area contributed by atoms with Crippen LogP contribution in [0.25, 0.3) is 0 Å². The van der Waals surface area contributed by atoms with Crippen LogP contribution in [0.2, 0.25) is 0 Å². The van der Waals surface area contributed by atoms with Crippen molar-refractivity contribution >= 4 is 11.6 Å². The number of hydrogen-bond donors (Lipinski definition) is 2. The van der Waals surface area contributed by atoms with Crippen LogP contribution >= 0.6 is 0 Å². The second kappa shape index (κ2) is 5.52. The third kappa shape index (κ3) is 2.90. The summed E-state index contributed by atoms with van der Waals surface area (Å²) in [5.41, 5.74) is 2.74. The molecule has 1 aliphatic rings. The molecular weight excluding hydrogens is 228 g/mol. The monoisotopic (exact) mass is 250 g/mol. The Morgan fingerprint density at radius 2 is 2.33 bits per heavy atom. The second-order valence-electron chi connectivity index (χ2n) is 5.05. The van der Waals surface area contributed by atoms with Gasteiger partial charge in [-0.1, -0.05) is 0 Å². The summed E-state index contributed by atoms with van der Waals surface area (Å²) >= 11 is 0. The summed E-state index contributed by atoms with van der Waals surface area (Å²) in [7, 11) is 1.89. The number of hydrogen-bond acceptors (Lipinski definition) is 3. The van der Waals surface area contributed by atoms with Crippen LogP contribution in [0, 0.1) is 13.8 Å². The molecule has 0 spiro atoms. The average molecular weight is 250 g/mol. The predicted octanol–water partition coefficient (Wildman–Crippen LogP) is 1.51. The van der Waals surface area contributed by atoms with Gasteiger partial charge in [-0.3, -0.25) is 9.48 Å². The molecule has 0 aliphatic carbocycles. The van der Waals surface area contributed by atoms with Crippen LogP contribution in [-0.4, -0.2) is 28.3 Å². The standard InChI is InChI=1S/C13H22N4O/c1-9-13(10(2)17(3)16-9)15-12(18)7-6-11-5-4-8-14-11/h11,14H,4-8H2,1-3H3,(H,15,18). The summed E-state index contributed by atoms with van der Waals surface area (Å²) < 4.78 is 1.80. The van der Waals surface area contributed by atoms with Crippen LogP contribution in [0.1, 0.15) is 37.1 Å². The van der Waals surface area contributed by atoms with Crippen molar-refractivity contribution in [2.75, 3.05) is 11.9 Å². The van der Waals surface area contributed by atoms with E-state index in [1.165, 1.54) is 12.8 Å². The number of nitrogens with zero attached hydrogens (tertiary/aromatic N) is 2. The van der Waals surface area contributed by atoms with Crippen LogP contribution < -0.4 is 10.6 Å². The highest BCUT2D eigenvalue weighted by Crippen LogP contribution is 2.19. The smallest absolute Gasteiger partial charge is 0.224 e. The lowest BCUT2D eigenvalue weighted by Gasteiger charge is -2.10. The third-order valence-corrected chi connectivity index (χ3v) is 3.66. The molecule has 1 aromatic heterocycles. The molecule has 1 aliphatic heterocycles. The molecule has 1 aromatic rings. The Balaban J connectivity index is 1.86. The van der Waals surface area contributed by atoms with Gasteiger partial charge in [-0.25, -0.2) is 0 Å². The third-order valence-electron chi connectivity index (χ3n) is 3.66. The molecule has 0 saturated carbocycles. The van der Waals surface area contributed by atoms with Gasteiger partial charge >= 0.3 is 0 Å². The number of aryl methyl sites for hydroxylation is 2. The molecule has 1 saturated heterocycles. The number of nitrogens with one attached hydrogen (secondary N) is 2. The Morgan fingerprint density at radius 3 is 2.89 bits per heavy atom. The fourth-order valence-corrected chi connectivity index (χ4v) is 2.46. The first-order valence-electron chi connectivity index (χ1n) is 6.61. The van der Waals surface area contributed by atoms with Crippen molar-refractivity contribution in [1.82, 2.24) is 15.1 Å². The maximum absolute atomic E-state index is 11.9. The summed E-state index contributed by atoms with van der Waals surface area (Å²) in [4.78, 5) is 11.9. The van der Waals surface area contributed by atoms with Crippen molar-refractivity contribution in [2.45, 2.75) is 45.6 Å². The molecule has 18 heavy (non-hydrogen) atoms. The molecule has 0 radical (unpaired) electrons. The highest BCUT2D eigenvalue weighted by atomic mass is 16.1. The van der Waals surface area contributed by atoms with Crippen molar-refractivity contribution < 1.29 is 4.79 Å². The summed E-state index contributed by atoms with van der Waals surface area (Å²) in [5, 5.41) is 10.7. The predicted molar refractivity (Wildman–Crippen MR) is 71.6 cm³/mol. The van der Waals surface area contributed by atoms with Crippen LogP contribution in [0.3, 0.4) is 0 Å². The highest BCUT2D eigenvalue weighted by Gasteiger charge is 2.17. The van der Waals surface area contributed by atoms with Crippen molar-refractivity contribution in [3.63, 3.8) is 0 Å². The van der Waals surface area contributed by atoms with E-state index in [1.54, 1.807) is 4.68 Å². The molecule has 0 aromatic carbocycles. The fraction of sp³-hybridized carbons (Fsp3) is 0.692. The van der Waals surface area contributed by atoms with E-state index in [-0.39, 0.29) is 5.91 Å². The molecule has 2 heterocycles. The number of rotatable bonds is 4. The zero-order valence-electron chi connectivity index (χ0n) is 11.4. The Labute approximate surface area is 108 Å². The van der Waals surface area contributed by atoms with E-state index in [0.29, 0.717) is 12.5 Å². The minimum absolute atomic E-state index is 0.0860. The van der Waals surface area contributed by atoms with Crippen molar-refractivity contribution in [2.24, 2.45) is 7.05 Å². The van der Waals surface area contributed by atoms with Gasteiger partial charge in [-0.2, -0.15) is 5.10 Å². The van der Waals surface area contributed by atoms with Crippen molar-refractivity contribution in [3.8, 4) is 0 Å². The summed E-state index contributed by atoms with van der Waals surface area (Å²) in [5.74, 6) is 0.0860. The van der Waals surface area contributed by atoms with E-state index >= 15 is 0 Å². The molecule has 5 heteroatoms. The number of anilines is 1. The molecule has 1 unspecified atom stereocenters. The molecule has 2 rings (SSSR count). The fourth-order valence-electron chi connectivity index (χ4n) is 2.46. The van der Waals surface area contributed by atoms with E-state index in [4.69, 9.17) is 0 Å². The molecule has 2 N–H and O–H groups in total. The zero-order valence-corrected chi connectivity index (χ0v) is 11.4. The van der Waals surface area contributed by atoms with Crippen molar-refractivity contribution in [1.29, 1.82) is 0 Å². The molecule has 0 bridgehead atoms. The van der Waals surface area contributed by atoms with Gasteiger partial charge in [0, 0.05) is 19.5 Å². The molecule has 1 amide bonds. The van der Waals surface area contributed by atoms with E-state index < -0.39 is 0 Å². The largest absolute Gasteiger partial charge is 0.323 e. The van der Waals surface area contributed by atoms with E-state index in [0.717, 1.165) is 30.0 Å². The normalized spacial score (nSPS) is 19.2. The Kier molecular flexibility index (Phi) is 4.01. The Bertz CT molecular complexity index is 432. The van der Waals surface area contributed by atoms with Crippen LogP contribution in [0.15, 0.2) is 0 Å². The topological polar surface area (TPSA) is 59.0 Å². The van der Waals surface area contributed by atoms with E-state index in [2.05, 4.69) is 15.7 Å². The van der Waals surface area contributed by atoms with E-state index in [1.807, 2.05) is 20.9 Å². The Morgan fingerprint density at radius 1 is 1.56 bits per heavy atom. The summed E-state index contributed by atoms with van der Waals surface area (Å²) in [6.07, 6.45) is 3.92. The van der Waals surface area contributed by atoms with Gasteiger partial charge < -0.3 is 10.6 Å². The SMILES string of the molecule is Cc1nn(C)c(C)c1NC(=O)CCC1CCCN1.